The van der Waals surface area contributed by atoms with Gasteiger partial charge in [0, 0.05) is 17.7 Å². The lowest BCUT2D eigenvalue weighted by atomic mass is 9.98. The van der Waals surface area contributed by atoms with Crippen LogP contribution >= 0.6 is 0 Å². The van der Waals surface area contributed by atoms with Gasteiger partial charge in [-0.25, -0.2) is 8.99 Å². The van der Waals surface area contributed by atoms with Gasteiger partial charge in [0.15, 0.2) is 0 Å². The van der Waals surface area contributed by atoms with Crippen LogP contribution in [-0.2, 0) is 29.0 Å². The molecular weight excluding hydrogens is 549 g/mol. The maximum absolute atomic E-state index is 14.0. The first-order chi connectivity index (χ1) is 19.4. The molecule has 1 aromatic heterocycles. The van der Waals surface area contributed by atoms with E-state index in [9.17, 15) is 22.2 Å². The van der Waals surface area contributed by atoms with Crippen molar-refractivity contribution in [2.24, 2.45) is 0 Å². The van der Waals surface area contributed by atoms with E-state index in [4.69, 9.17) is 9.20 Å². The number of carbonyl (C=O) groups excluding carboxylic acids is 1. The third-order valence-corrected chi connectivity index (χ3v) is 8.02. The van der Waals surface area contributed by atoms with Crippen molar-refractivity contribution < 1.29 is 26.6 Å². The molecular formula is C32H27F3N2O3S. The zero-order valence-electron chi connectivity index (χ0n) is 22.4. The summed E-state index contributed by atoms with van der Waals surface area (Å²) in [4.78, 5) is 15.9. The molecule has 5 nitrogen and oxygen atoms in total. The molecule has 210 valence electrons. The summed E-state index contributed by atoms with van der Waals surface area (Å²) >= 11 is 0. The third kappa shape index (κ3) is 6.20. The van der Waals surface area contributed by atoms with E-state index in [0.717, 1.165) is 39.1 Å². The molecule has 1 unspecified atom stereocenters. The van der Waals surface area contributed by atoms with Gasteiger partial charge >= 0.3 is 6.18 Å². The van der Waals surface area contributed by atoms with E-state index < -0.39 is 21.7 Å². The number of carbonyl (C=O) groups is 1. The van der Waals surface area contributed by atoms with Crippen molar-refractivity contribution >= 4 is 26.4 Å². The highest BCUT2D eigenvalue weighted by atomic mass is 32.2. The Morgan fingerprint density at radius 2 is 1.61 bits per heavy atom. The van der Waals surface area contributed by atoms with Gasteiger partial charge in [0.05, 0.1) is 21.8 Å². The number of nitrogens with one attached hydrogen (secondary N) is 1. The summed E-state index contributed by atoms with van der Waals surface area (Å²) in [6.07, 6.45) is -3.26. The first-order valence-corrected chi connectivity index (χ1v) is 14.7. The van der Waals surface area contributed by atoms with Crippen LogP contribution in [0.4, 0.5) is 13.2 Å². The first-order valence-electron chi connectivity index (χ1n) is 12.8. The Bertz CT molecular complexity index is 1840. The molecule has 0 saturated heterocycles. The molecule has 1 amide bonds. The number of nitrogens with zero attached hydrogens (tertiary/aromatic N) is 1. The smallest absolute Gasteiger partial charge is 0.449 e. The molecule has 5 rings (SSSR count). The van der Waals surface area contributed by atoms with E-state index in [2.05, 4.69) is 0 Å². The van der Waals surface area contributed by atoms with Crippen LogP contribution in [0, 0.1) is 11.7 Å². The van der Waals surface area contributed by atoms with Gasteiger partial charge in [-0.1, -0.05) is 72.8 Å². The second-order valence-electron chi connectivity index (χ2n) is 9.97. The van der Waals surface area contributed by atoms with E-state index in [-0.39, 0.29) is 24.8 Å². The van der Waals surface area contributed by atoms with E-state index in [1.54, 1.807) is 18.2 Å². The minimum Gasteiger partial charge on any atom is -0.455 e. The highest BCUT2D eigenvalue weighted by molar-refractivity contribution is 7.91. The largest absolute Gasteiger partial charge is 0.455 e. The standard InChI is InChI=1S/C32H27F3N2O3S/c1-21-10-13-24-6-3-4-9-28(24)30(21)31(38)37(20-26-16-17-29(40-26)32(33,34)35)19-22-11-14-23(15-12-22)25-7-5-8-27(18-25)41(2,36)39/h3-18,36H,19-20H2,1-2H3. The number of hydrogen-bond donors (Lipinski definition) is 1. The predicted molar refractivity (Wildman–Crippen MR) is 153 cm³/mol. The number of halogens is 3. The quantitative estimate of drug-likeness (QED) is 0.212. The average molecular weight is 577 g/mol. The first kappa shape index (κ1) is 28.2. The lowest BCUT2D eigenvalue weighted by molar-refractivity contribution is -0.153. The Labute approximate surface area is 236 Å². The lowest BCUT2D eigenvalue weighted by Gasteiger charge is -2.24. The van der Waals surface area contributed by atoms with Crippen molar-refractivity contribution in [2.75, 3.05) is 6.26 Å². The third-order valence-electron chi connectivity index (χ3n) is 6.87. The van der Waals surface area contributed by atoms with Crippen molar-refractivity contribution in [3.63, 3.8) is 0 Å². The van der Waals surface area contributed by atoms with Crippen molar-refractivity contribution in [1.29, 1.82) is 4.78 Å². The summed E-state index contributed by atoms with van der Waals surface area (Å²) in [6, 6.07) is 27.8. The molecule has 0 aliphatic heterocycles. The second kappa shape index (κ2) is 10.9. The van der Waals surface area contributed by atoms with Gasteiger partial charge in [-0.15, -0.1) is 0 Å². The molecule has 4 aromatic carbocycles. The van der Waals surface area contributed by atoms with Crippen LogP contribution in [0.2, 0.25) is 0 Å². The number of alkyl halides is 3. The van der Waals surface area contributed by atoms with Gasteiger partial charge in [0.1, 0.15) is 5.76 Å². The SMILES string of the molecule is Cc1ccc2ccccc2c1C(=O)N(Cc1ccc(-c2cccc(S(C)(=N)=O)c2)cc1)Cc1ccc(C(F)(F)F)o1. The number of fused-ring (bicyclic) bond motifs is 1. The number of furan rings is 1. The van der Waals surface area contributed by atoms with E-state index in [1.807, 2.05) is 73.7 Å². The van der Waals surface area contributed by atoms with Crippen molar-refractivity contribution in [3.8, 4) is 11.1 Å². The minimum absolute atomic E-state index is 0.0237. The van der Waals surface area contributed by atoms with Crippen LogP contribution in [0.15, 0.2) is 106 Å². The zero-order valence-corrected chi connectivity index (χ0v) is 23.2. The molecule has 0 radical (unpaired) electrons. The molecule has 1 atom stereocenters. The molecule has 41 heavy (non-hydrogen) atoms. The maximum atomic E-state index is 14.0. The maximum Gasteiger partial charge on any atom is 0.449 e. The van der Waals surface area contributed by atoms with Crippen LogP contribution in [0.1, 0.15) is 33.0 Å². The zero-order chi connectivity index (χ0) is 29.4. The summed E-state index contributed by atoms with van der Waals surface area (Å²) in [5.74, 6) is -1.42. The van der Waals surface area contributed by atoms with E-state index in [0.29, 0.717) is 10.5 Å². The Balaban J connectivity index is 1.49. The minimum atomic E-state index is -4.63. The summed E-state index contributed by atoms with van der Waals surface area (Å²) in [6.45, 7) is 1.80. The monoisotopic (exact) mass is 576 g/mol. The van der Waals surface area contributed by atoms with Crippen molar-refractivity contribution in [2.45, 2.75) is 31.1 Å². The fourth-order valence-electron chi connectivity index (χ4n) is 4.77. The Hall–Kier alpha value is -4.37. The van der Waals surface area contributed by atoms with Crippen molar-refractivity contribution in [1.82, 2.24) is 4.90 Å². The summed E-state index contributed by atoms with van der Waals surface area (Å²) in [5.41, 5.74) is 3.64. The van der Waals surface area contributed by atoms with Gasteiger partial charge in [0.25, 0.3) is 5.91 Å². The Morgan fingerprint density at radius 1 is 0.878 bits per heavy atom. The van der Waals surface area contributed by atoms with E-state index >= 15 is 0 Å². The number of benzene rings is 4. The molecule has 0 fully saturated rings. The highest BCUT2D eigenvalue weighted by Crippen LogP contribution is 2.32. The van der Waals surface area contributed by atoms with Crippen LogP contribution in [0.5, 0.6) is 0 Å². The molecule has 0 bridgehead atoms. The topological polar surface area (TPSA) is 74.4 Å². The summed E-state index contributed by atoms with van der Waals surface area (Å²) in [7, 11) is -2.87. The summed E-state index contributed by atoms with van der Waals surface area (Å²) < 4.78 is 64.8. The molecule has 0 saturated carbocycles. The lowest BCUT2D eigenvalue weighted by Crippen LogP contribution is -2.30. The summed E-state index contributed by atoms with van der Waals surface area (Å²) in [5, 5.41) is 1.64. The molecule has 1 N–H and O–H groups in total. The van der Waals surface area contributed by atoms with Crippen molar-refractivity contribution in [3.05, 3.63) is 125 Å². The van der Waals surface area contributed by atoms with Gasteiger partial charge < -0.3 is 9.32 Å². The number of aryl methyl sites for hydroxylation is 1. The fourth-order valence-corrected chi connectivity index (χ4v) is 5.46. The molecule has 0 aliphatic rings. The van der Waals surface area contributed by atoms with Gasteiger partial charge in [-0.05, 0) is 64.2 Å². The number of hydrogen-bond acceptors (Lipinski definition) is 4. The van der Waals surface area contributed by atoms with Crippen LogP contribution in [-0.4, -0.2) is 21.3 Å². The normalized spacial score (nSPS) is 13.2. The van der Waals surface area contributed by atoms with Crippen LogP contribution in [0.25, 0.3) is 21.9 Å². The average Bonchev–Trinajstić information content (AvgIpc) is 3.42. The van der Waals surface area contributed by atoms with Gasteiger partial charge in [-0.2, -0.15) is 13.2 Å². The Kier molecular flexibility index (Phi) is 7.48. The number of amides is 1. The molecule has 0 aliphatic carbocycles. The van der Waals surface area contributed by atoms with Gasteiger partial charge in [0.2, 0.25) is 5.76 Å². The molecule has 9 heteroatoms. The van der Waals surface area contributed by atoms with E-state index in [1.165, 1.54) is 17.2 Å². The van der Waals surface area contributed by atoms with Gasteiger partial charge in [-0.3, -0.25) is 4.79 Å². The molecule has 0 spiro atoms. The second-order valence-corrected chi connectivity index (χ2v) is 12.1. The predicted octanol–water partition coefficient (Wildman–Crippen LogP) is 8.31. The fraction of sp³-hybridized carbons (Fsp3) is 0.156. The van der Waals surface area contributed by atoms with Crippen LogP contribution < -0.4 is 0 Å². The highest BCUT2D eigenvalue weighted by Gasteiger charge is 2.35. The molecule has 5 aromatic rings. The number of rotatable bonds is 7. The van der Waals surface area contributed by atoms with Crippen LogP contribution in [0.3, 0.4) is 0 Å². The molecule has 1 heterocycles. The Morgan fingerprint density at radius 3 is 2.29 bits per heavy atom.